The van der Waals surface area contributed by atoms with Gasteiger partial charge in [0, 0.05) is 12.1 Å². The van der Waals surface area contributed by atoms with Crippen LogP contribution in [0.15, 0.2) is 18.2 Å². The molecule has 6 heteroatoms. The second-order valence-corrected chi connectivity index (χ2v) is 5.45. The van der Waals surface area contributed by atoms with Gasteiger partial charge in [-0.2, -0.15) is 0 Å². The van der Waals surface area contributed by atoms with E-state index in [9.17, 15) is 9.59 Å². The van der Waals surface area contributed by atoms with Gasteiger partial charge in [0.05, 0.1) is 0 Å². The summed E-state index contributed by atoms with van der Waals surface area (Å²) in [6, 6.07) is 5.07. The molecule has 0 radical (unpaired) electrons. The second kappa shape index (κ2) is 6.13. The highest BCUT2D eigenvalue weighted by atomic mass is 35.5. The van der Waals surface area contributed by atoms with Gasteiger partial charge >= 0.3 is 5.97 Å². The van der Waals surface area contributed by atoms with Crippen LogP contribution in [-0.2, 0) is 9.59 Å². The van der Waals surface area contributed by atoms with Crippen LogP contribution in [0.1, 0.15) is 19.4 Å². The average Bonchev–Trinajstić information content (AvgIpc) is 2.36. The van der Waals surface area contributed by atoms with E-state index in [1.54, 1.807) is 18.2 Å². The van der Waals surface area contributed by atoms with Crippen LogP contribution in [0.4, 0.5) is 0 Å². The van der Waals surface area contributed by atoms with Gasteiger partial charge in [-0.15, -0.1) is 0 Å². The van der Waals surface area contributed by atoms with Gasteiger partial charge in [0.15, 0.2) is 6.61 Å². The molecule has 0 aliphatic rings. The summed E-state index contributed by atoms with van der Waals surface area (Å²) in [5, 5.41) is 9.66. The van der Waals surface area contributed by atoms with E-state index in [2.05, 4.69) is 0 Å². The van der Waals surface area contributed by atoms with Crippen molar-refractivity contribution in [1.29, 1.82) is 0 Å². The topological polar surface area (TPSA) is 66.8 Å². The normalized spacial score (nSPS) is 11.1. The first-order chi connectivity index (χ1) is 9.16. The highest BCUT2D eigenvalue weighted by Gasteiger charge is 2.35. The van der Waals surface area contributed by atoms with E-state index in [1.165, 1.54) is 20.9 Å². The molecule has 0 fully saturated rings. The van der Waals surface area contributed by atoms with E-state index in [0.29, 0.717) is 10.8 Å². The third-order valence-electron chi connectivity index (χ3n) is 3.22. The lowest BCUT2D eigenvalue weighted by Crippen LogP contribution is -2.52. The van der Waals surface area contributed by atoms with Crippen LogP contribution in [0.2, 0.25) is 5.02 Å². The summed E-state index contributed by atoms with van der Waals surface area (Å²) in [6.07, 6.45) is 0. The maximum Gasteiger partial charge on any atom is 0.329 e. The van der Waals surface area contributed by atoms with Crippen molar-refractivity contribution in [3.8, 4) is 5.75 Å². The lowest BCUT2D eigenvalue weighted by Gasteiger charge is -2.31. The number of ether oxygens (including phenoxy) is 1. The van der Waals surface area contributed by atoms with Crippen molar-refractivity contribution in [2.45, 2.75) is 26.3 Å². The quantitative estimate of drug-likeness (QED) is 0.906. The number of aliphatic carboxylic acids is 1. The SMILES string of the molecule is Cc1cc(Cl)ccc1OCC(=O)N(C)C(C)(C)C(=O)O. The Labute approximate surface area is 123 Å². The van der Waals surface area contributed by atoms with Crippen LogP contribution < -0.4 is 4.74 Å². The number of rotatable bonds is 5. The molecule has 110 valence electrons. The van der Waals surface area contributed by atoms with Crippen molar-refractivity contribution >= 4 is 23.5 Å². The third kappa shape index (κ3) is 3.63. The third-order valence-corrected chi connectivity index (χ3v) is 3.46. The van der Waals surface area contributed by atoms with E-state index in [0.717, 1.165) is 10.5 Å². The summed E-state index contributed by atoms with van der Waals surface area (Å²) in [5.41, 5.74) is -0.472. The first-order valence-electron chi connectivity index (χ1n) is 6.05. The minimum absolute atomic E-state index is 0.227. The van der Waals surface area contributed by atoms with Crippen molar-refractivity contribution in [3.05, 3.63) is 28.8 Å². The van der Waals surface area contributed by atoms with Gasteiger partial charge in [-0.1, -0.05) is 11.6 Å². The summed E-state index contributed by atoms with van der Waals surface area (Å²) in [6.45, 7) is 4.51. The molecule has 1 aromatic rings. The Hall–Kier alpha value is -1.75. The molecule has 1 amide bonds. The molecule has 1 aromatic carbocycles. The van der Waals surface area contributed by atoms with E-state index < -0.39 is 17.4 Å². The molecular weight excluding hydrogens is 282 g/mol. The van der Waals surface area contributed by atoms with Gasteiger partial charge in [-0.25, -0.2) is 4.79 Å². The Bertz CT molecular complexity index is 528. The predicted molar refractivity (Wildman–Crippen MR) is 76.2 cm³/mol. The summed E-state index contributed by atoms with van der Waals surface area (Å²) in [5.74, 6) is -0.938. The van der Waals surface area contributed by atoms with Crippen LogP contribution in [0.25, 0.3) is 0 Å². The molecule has 0 aliphatic carbocycles. The number of aryl methyl sites for hydroxylation is 1. The lowest BCUT2D eigenvalue weighted by molar-refractivity contribution is -0.156. The second-order valence-electron chi connectivity index (χ2n) is 5.02. The molecule has 0 bridgehead atoms. The van der Waals surface area contributed by atoms with Crippen molar-refractivity contribution in [2.24, 2.45) is 0 Å². The smallest absolute Gasteiger partial charge is 0.329 e. The molecule has 0 atom stereocenters. The van der Waals surface area contributed by atoms with Gasteiger partial charge in [0.1, 0.15) is 11.3 Å². The summed E-state index contributed by atoms with van der Waals surface area (Å²) < 4.78 is 5.41. The maximum absolute atomic E-state index is 12.0. The zero-order valence-corrected chi connectivity index (χ0v) is 12.7. The van der Waals surface area contributed by atoms with Crippen LogP contribution in [0.5, 0.6) is 5.75 Å². The average molecular weight is 300 g/mol. The van der Waals surface area contributed by atoms with Gasteiger partial charge in [0.2, 0.25) is 0 Å². The molecule has 0 aliphatic heterocycles. The van der Waals surface area contributed by atoms with Crippen molar-refractivity contribution < 1.29 is 19.4 Å². The molecule has 1 rings (SSSR count). The molecule has 0 unspecified atom stereocenters. The number of carboxylic acids is 1. The van der Waals surface area contributed by atoms with Gasteiger partial charge in [0.25, 0.3) is 5.91 Å². The fourth-order valence-electron chi connectivity index (χ4n) is 1.47. The Morgan fingerprint density at radius 1 is 1.40 bits per heavy atom. The van der Waals surface area contributed by atoms with Crippen LogP contribution in [0.3, 0.4) is 0 Å². The van der Waals surface area contributed by atoms with Gasteiger partial charge in [-0.3, -0.25) is 4.79 Å². The van der Waals surface area contributed by atoms with Crippen LogP contribution in [0, 0.1) is 6.92 Å². The van der Waals surface area contributed by atoms with E-state index >= 15 is 0 Å². The number of nitrogens with zero attached hydrogens (tertiary/aromatic N) is 1. The fraction of sp³-hybridized carbons (Fsp3) is 0.429. The molecule has 0 spiro atoms. The summed E-state index contributed by atoms with van der Waals surface area (Å²) in [7, 11) is 1.44. The first-order valence-corrected chi connectivity index (χ1v) is 6.43. The van der Waals surface area contributed by atoms with Crippen molar-refractivity contribution in [2.75, 3.05) is 13.7 Å². The lowest BCUT2D eigenvalue weighted by atomic mass is 10.0. The van der Waals surface area contributed by atoms with Gasteiger partial charge < -0.3 is 14.7 Å². The number of amides is 1. The highest BCUT2D eigenvalue weighted by molar-refractivity contribution is 6.30. The van der Waals surface area contributed by atoms with Gasteiger partial charge in [-0.05, 0) is 44.5 Å². The molecule has 0 saturated heterocycles. The minimum Gasteiger partial charge on any atom is -0.483 e. The number of likely N-dealkylation sites (N-methyl/N-ethyl adjacent to an activating group) is 1. The van der Waals surface area contributed by atoms with Crippen molar-refractivity contribution in [3.63, 3.8) is 0 Å². The van der Waals surface area contributed by atoms with E-state index in [4.69, 9.17) is 21.4 Å². The molecule has 1 N–H and O–H groups in total. The number of hydrogen-bond acceptors (Lipinski definition) is 3. The van der Waals surface area contributed by atoms with Crippen molar-refractivity contribution in [1.82, 2.24) is 4.90 Å². The zero-order chi connectivity index (χ0) is 15.5. The zero-order valence-electron chi connectivity index (χ0n) is 11.9. The Morgan fingerprint density at radius 3 is 2.50 bits per heavy atom. The largest absolute Gasteiger partial charge is 0.483 e. The van der Waals surface area contributed by atoms with E-state index in [1.807, 2.05) is 6.92 Å². The molecule has 20 heavy (non-hydrogen) atoms. The van der Waals surface area contributed by atoms with E-state index in [-0.39, 0.29) is 6.61 Å². The predicted octanol–water partition coefficient (Wildman–Crippen LogP) is 2.35. The number of hydrogen-bond donors (Lipinski definition) is 1. The molecular formula is C14H18ClNO4. The Kier molecular flexibility index (Phi) is 5.00. The minimum atomic E-state index is -1.28. The van der Waals surface area contributed by atoms with Crippen LogP contribution >= 0.6 is 11.6 Å². The van der Waals surface area contributed by atoms with Crippen LogP contribution in [-0.4, -0.2) is 41.1 Å². The number of carbonyl (C=O) groups is 2. The maximum atomic E-state index is 12.0. The number of carbonyl (C=O) groups excluding carboxylic acids is 1. The summed E-state index contributed by atoms with van der Waals surface area (Å²) in [4.78, 5) is 24.2. The fourth-order valence-corrected chi connectivity index (χ4v) is 1.69. The monoisotopic (exact) mass is 299 g/mol. The Balaban J connectivity index is 2.70. The molecule has 0 heterocycles. The first kappa shape index (κ1) is 16.3. The molecule has 5 nitrogen and oxygen atoms in total. The number of benzene rings is 1. The number of carboxylic acid groups (broad SMARTS) is 1. The summed E-state index contributed by atoms with van der Waals surface area (Å²) >= 11 is 5.83. The standard InChI is InChI=1S/C14H18ClNO4/c1-9-7-10(15)5-6-11(9)20-8-12(17)16(4)14(2,3)13(18)19/h5-7H,8H2,1-4H3,(H,18,19). The number of halogens is 1. The highest BCUT2D eigenvalue weighted by Crippen LogP contribution is 2.22. The molecule has 0 aromatic heterocycles. The molecule has 0 saturated carbocycles. The Morgan fingerprint density at radius 2 is 2.00 bits per heavy atom.